The van der Waals surface area contributed by atoms with Crippen LogP contribution >= 0.6 is 11.3 Å². The zero-order chi connectivity index (χ0) is 14.8. The molecule has 4 nitrogen and oxygen atoms in total. The monoisotopic (exact) mass is 304 g/mol. The molecular formula is C16H20N2O2S. The van der Waals surface area contributed by atoms with E-state index in [1.54, 1.807) is 6.07 Å². The number of thiazole rings is 1. The molecule has 5 heteroatoms. The number of benzene rings is 1. The summed E-state index contributed by atoms with van der Waals surface area (Å²) in [5.41, 5.74) is 7.11. The van der Waals surface area contributed by atoms with E-state index in [9.17, 15) is 4.79 Å². The van der Waals surface area contributed by atoms with Crippen LogP contribution in [0.1, 0.15) is 49.4 Å². The van der Waals surface area contributed by atoms with Crippen molar-refractivity contribution < 1.29 is 9.53 Å². The normalized spacial score (nSPS) is 22.3. The smallest absolute Gasteiger partial charge is 0.338 e. The number of aromatic nitrogens is 1. The number of nitrogens with zero attached hydrogens (tertiary/aromatic N) is 1. The van der Waals surface area contributed by atoms with Crippen LogP contribution in [-0.4, -0.2) is 17.1 Å². The highest BCUT2D eigenvalue weighted by Gasteiger charge is 2.24. The third kappa shape index (κ3) is 3.18. The van der Waals surface area contributed by atoms with Crippen LogP contribution in [-0.2, 0) is 4.74 Å². The number of hydrogen-bond donors (Lipinski definition) is 1. The summed E-state index contributed by atoms with van der Waals surface area (Å²) in [5.74, 6) is 0.464. The summed E-state index contributed by atoms with van der Waals surface area (Å²) < 4.78 is 6.61. The highest BCUT2D eigenvalue weighted by Crippen LogP contribution is 2.30. The van der Waals surface area contributed by atoms with E-state index in [2.05, 4.69) is 11.9 Å². The van der Waals surface area contributed by atoms with Gasteiger partial charge in [-0.2, -0.15) is 0 Å². The molecule has 0 spiro atoms. The summed E-state index contributed by atoms with van der Waals surface area (Å²) in [5, 5.41) is 0.522. The molecule has 2 N–H and O–H groups in total. The molecule has 1 fully saturated rings. The number of esters is 1. The van der Waals surface area contributed by atoms with Crippen LogP contribution in [0.2, 0.25) is 0 Å². The van der Waals surface area contributed by atoms with Crippen molar-refractivity contribution in [3.8, 4) is 0 Å². The van der Waals surface area contributed by atoms with E-state index in [0.29, 0.717) is 16.6 Å². The van der Waals surface area contributed by atoms with Crippen LogP contribution in [0.3, 0.4) is 0 Å². The first kappa shape index (κ1) is 14.3. The van der Waals surface area contributed by atoms with Gasteiger partial charge in [-0.1, -0.05) is 31.1 Å². The Hall–Kier alpha value is -1.62. The van der Waals surface area contributed by atoms with Gasteiger partial charge in [-0.3, -0.25) is 0 Å². The van der Waals surface area contributed by atoms with Gasteiger partial charge < -0.3 is 10.5 Å². The van der Waals surface area contributed by atoms with Gasteiger partial charge in [0.25, 0.3) is 0 Å². The van der Waals surface area contributed by atoms with Crippen molar-refractivity contribution in [1.82, 2.24) is 4.98 Å². The predicted octanol–water partition coefficient (Wildman–Crippen LogP) is 4.00. The van der Waals surface area contributed by atoms with E-state index in [0.717, 1.165) is 29.5 Å². The van der Waals surface area contributed by atoms with Crippen molar-refractivity contribution in [2.24, 2.45) is 5.92 Å². The molecule has 1 aliphatic rings. The largest absolute Gasteiger partial charge is 0.459 e. The second-order valence-electron chi connectivity index (χ2n) is 5.70. The van der Waals surface area contributed by atoms with Gasteiger partial charge in [0.2, 0.25) is 0 Å². The Kier molecular flexibility index (Phi) is 4.10. The Morgan fingerprint density at radius 2 is 2.33 bits per heavy atom. The third-order valence-corrected chi connectivity index (χ3v) is 5.07. The van der Waals surface area contributed by atoms with E-state index in [-0.39, 0.29) is 12.1 Å². The molecule has 2 atom stereocenters. The number of carbonyl (C=O) groups excluding carboxylic acids is 1. The molecular weight excluding hydrogens is 284 g/mol. The minimum atomic E-state index is -0.231. The quantitative estimate of drug-likeness (QED) is 0.870. The van der Waals surface area contributed by atoms with E-state index in [4.69, 9.17) is 10.5 Å². The Morgan fingerprint density at radius 3 is 3.14 bits per heavy atom. The molecule has 1 saturated carbocycles. The number of nitrogen functional groups attached to an aromatic ring is 1. The first-order chi connectivity index (χ1) is 10.2. The first-order valence-electron chi connectivity index (χ1n) is 7.52. The zero-order valence-corrected chi connectivity index (χ0v) is 13.0. The average Bonchev–Trinajstić information content (AvgIpc) is 2.86. The van der Waals surface area contributed by atoms with Crippen LogP contribution in [0.15, 0.2) is 18.2 Å². The number of fused-ring (bicyclic) bond motifs is 1. The standard InChI is InChI=1S/C16H20N2O2S/c1-2-10-4-3-5-12(8-10)20-15(19)11-6-7-13-14(9-11)21-16(17)18-13/h6-7,9-10,12H,2-5,8H2,1H3,(H2,17,18). The van der Waals surface area contributed by atoms with E-state index in [1.165, 1.54) is 24.2 Å². The lowest BCUT2D eigenvalue weighted by molar-refractivity contribution is 0.0140. The molecule has 0 bridgehead atoms. The van der Waals surface area contributed by atoms with E-state index < -0.39 is 0 Å². The van der Waals surface area contributed by atoms with Gasteiger partial charge in [0.1, 0.15) is 6.10 Å². The molecule has 1 aliphatic carbocycles. The Labute approximate surface area is 128 Å². The molecule has 2 unspecified atom stereocenters. The summed E-state index contributed by atoms with van der Waals surface area (Å²) in [6.07, 6.45) is 5.63. The minimum Gasteiger partial charge on any atom is -0.459 e. The van der Waals surface area contributed by atoms with Crippen molar-refractivity contribution >= 4 is 32.7 Å². The molecule has 0 radical (unpaired) electrons. The molecule has 112 valence electrons. The van der Waals surface area contributed by atoms with Gasteiger partial charge in [0, 0.05) is 0 Å². The number of carbonyl (C=O) groups is 1. The highest BCUT2D eigenvalue weighted by molar-refractivity contribution is 7.22. The number of anilines is 1. The van der Waals surface area contributed by atoms with Crippen molar-refractivity contribution in [3.05, 3.63) is 23.8 Å². The second-order valence-corrected chi connectivity index (χ2v) is 6.77. The molecule has 0 aliphatic heterocycles. The van der Waals surface area contributed by atoms with Crippen LogP contribution in [0.4, 0.5) is 5.13 Å². The summed E-state index contributed by atoms with van der Waals surface area (Å²) in [6, 6.07) is 5.42. The molecule has 21 heavy (non-hydrogen) atoms. The maximum absolute atomic E-state index is 12.3. The van der Waals surface area contributed by atoms with Crippen molar-refractivity contribution in [1.29, 1.82) is 0 Å². The minimum absolute atomic E-state index is 0.0680. The van der Waals surface area contributed by atoms with Crippen molar-refractivity contribution in [2.45, 2.75) is 45.1 Å². The summed E-state index contributed by atoms with van der Waals surface area (Å²) in [6.45, 7) is 2.21. The van der Waals surface area contributed by atoms with Gasteiger partial charge in [0.15, 0.2) is 5.13 Å². The maximum atomic E-state index is 12.3. The molecule has 1 aromatic carbocycles. The fourth-order valence-corrected chi connectivity index (χ4v) is 3.78. The second kappa shape index (κ2) is 6.02. The lowest BCUT2D eigenvalue weighted by atomic mass is 9.85. The highest BCUT2D eigenvalue weighted by atomic mass is 32.1. The third-order valence-electron chi connectivity index (χ3n) is 4.23. The lowest BCUT2D eigenvalue weighted by Gasteiger charge is -2.28. The Balaban J connectivity index is 1.71. The van der Waals surface area contributed by atoms with E-state index in [1.807, 2.05) is 12.1 Å². The van der Waals surface area contributed by atoms with Gasteiger partial charge in [-0.25, -0.2) is 9.78 Å². The Morgan fingerprint density at radius 1 is 1.48 bits per heavy atom. The molecule has 0 amide bonds. The number of hydrogen-bond acceptors (Lipinski definition) is 5. The lowest BCUT2D eigenvalue weighted by Crippen LogP contribution is -2.25. The SMILES string of the molecule is CCC1CCCC(OC(=O)c2ccc3nc(N)sc3c2)C1. The fraction of sp³-hybridized carbons (Fsp3) is 0.500. The van der Waals surface area contributed by atoms with Crippen LogP contribution in [0.5, 0.6) is 0 Å². The zero-order valence-electron chi connectivity index (χ0n) is 12.2. The van der Waals surface area contributed by atoms with Gasteiger partial charge in [0.05, 0.1) is 15.8 Å². The maximum Gasteiger partial charge on any atom is 0.338 e. The fourth-order valence-electron chi connectivity index (χ4n) is 3.01. The number of ether oxygens (including phenoxy) is 1. The first-order valence-corrected chi connectivity index (χ1v) is 8.34. The molecule has 0 saturated heterocycles. The molecule has 2 aromatic rings. The van der Waals surface area contributed by atoms with Crippen LogP contribution in [0.25, 0.3) is 10.2 Å². The summed E-state index contributed by atoms with van der Waals surface area (Å²) in [4.78, 5) is 16.5. The average molecular weight is 304 g/mol. The van der Waals surface area contributed by atoms with Crippen LogP contribution < -0.4 is 5.73 Å². The summed E-state index contributed by atoms with van der Waals surface area (Å²) >= 11 is 1.39. The van der Waals surface area contributed by atoms with Gasteiger partial charge in [-0.05, 0) is 43.4 Å². The van der Waals surface area contributed by atoms with Crippen LogP contribution in [0, 0.1) is 5.92 Å². The number of rotatable bonds is 3. The summed E-state index contributed by atoms with van der Waals surface area (Å²) in [7, 11) is 0. The van der Waals surface area contributed by atoms with E-state index >= 15 is 0 Å². The molecule has 1 aromatic heterocycles. The van der Waals surface area contributed by atoms with Gasteiger partial charge >= 0.3 is 5.97 Å². The van der Waals surface area contributed by atoms with Gasteiger partial charge in [-0.15, -0.1) is 0 Å². The topological polar surface area (TPSA) is 65.2 Å². The van der Waals surface area contributed by atoms with Crippen molar-refractivity contribution in [2.75, 3.05) is 5.73 Å². The number of nitrogens with two attached hydrogens (primary N) is 1. The molecule has 3 rings (SSSR count). The molecule has 1 heterocycles. The van der Waals surface area contributed by atoms with Crippen molar-refractivity contribution in [3.63, 3.8) is 0 Å². The Bertz CT molecular complexity index is 653. The predicted molar refractivity (Wildman–Crippen MR) is 85.5 cm³/mol.